The van der Waals surface area contributed by atoms with Crippen LogP contribution in [-0.2, 0) is 4.79 Å². The Morgan fingerprint density at radius 1 is 1.29 bits per heavy atom. The molecule has 2 rings (SSSR count). The van der Waals surface area contributed by atoms with Gasteiger partial charge in [-0.15, -0.1) is 0 Å². The first-order chi connectivity index (χ1) is 8.13. The third-order valence-electron chi connectivity index (χ3n) is 2.91. The van der Waals surface area contributed by atoms with Gasteiger partial charge >= 0.3 is 0 Å². The van der Waals surface area contributed by atoms with Crippen LogP contribution in [0.2, 0.25) is 0 Å². The fraction of sp³-hybridized carbons (Fsp3) is 0.385. The molecule has 0 saturated heterocycles. The van der Waals surface area contributed by atoms with Crippen LogP contribution in [0.5, 0.6) is 0 Å². The van der Waals surface area contributed by atoms with E-state index in [-0.39, 0.29) is 5.91 Å². The number of alkyl halides is 1. The molecule has 4 heteroatoms. The molecule has 1 amide bonds. The highest BCUT2D eigenvalue weighted by atomic mass is 35.5. The van der Waals surface area contributed by atoms with Crippen LogP contribution in [0.4, 0.5) is 0 Å². The Bertz CT molecular complexity index is 454. The maximum Gasteiger partial charge on any atom is 0.272 e. The van der Waals surface area contributed by atoms with E-state index in [1.165, 1.54) is 0 Å². The number of likely N-dealkylation sites (N-methyl/N-ethyl adjacent to an activating group) is 1. The molecule has 1 unspecified atom stereocenters. The van der Waals surface area contributed by atoms with Gasteiger partial charge in [0.2, 0.25) is 0 Å². The predicted molar refractivity (Wildman–Crippen MR) is 69.5 cm³/mol. The standard InChI is InChI=1S/C13H15ClN2O/c1-3-16(4-2)12(17)13(14)11(15-13)10-8-6-5-7-9-10/h5-9H,3-4H2,1-2H3. The van der Waals surface area contributed by atoms with E-state index >= 15 is 0 Å². The van der Waals surface area contributed by atoms with Gasteiger partial charge in [-0.2, -0.15) is 0 Å². The number of hydrogen-bond donors (Lipinski definition) is 0. The van der Waals surface area contributed by atoms with Gasteiger partial charge in [0.25, 0.3) is 10.9 Å². The van der Waals surface area contributed by atoms with E-state index in [0.717, 1.165) is 5.56 Å². The Labute approximate surface area is 106 Å². The molecule has 0 bridgehead atoms. The van der Waals surface area contributed by atoms with Crippen LogP contribution >= 0.6 is 11.6 Å². The first-order valence-electron chi connectivity index (χ1n) is 5.77. The number of carbonyl (C=O) groups excluding carboxylic acids is 1. The molecule has 0 fully saturated rings. The quantitative estimate of drug-likeness (QED) is 0.596. The fourth-order valence-corrected chi connectivity index (χ4v) is 2.16. The molecular formula is C13H15ClN2O. The summed E-state index contributed by atoms with van der Waals surface area (Å²) in [6.07, 6.45) is 0. The zero-order valence-corrected chi connectivity index (χ0v) is 10.7. The highest BCUT2D eigenvalue weighted by Gasteiger charge is 2.54. The number of hydrogen-bond acceptors (Lipinski definition) is 2. The minimum Gasteiger partial charge on any atom is -0.340 e. The lowest BCUT2D eigenvalue weighted by Gasteiger charge is -2.20. The van der Waals surface area contributed by atoms with Gasteiger partial charge in [-0.1, -0.05) is 41.9 Å². The van der Waals surface area contributed by atoms with Gasteiger partial charge in [0, 0.05) is 13.1 Å². The van der Waals surface area contributed by atoms with Gasteiger partial charge in [0.15, 0.2) is 0 Å². The van der Waals surface area contributed by atoms with E-state index < -0.39 is 5.00 Å². The number of carbonyl (C=O) groups is 1. The van der Waals surface area contributed by atoms with Gasteiger partial charge in [-0.3, -0.25) is 4.79 Å². The predicted octanol–water partition coefficient (Wildman–Crippen LogP) is 2.29. The molecule has 0 N–H and O–H groups in total. The number of nitrogens with zero attached hydrogens (tertiary/aromatic N) is 2. The lowest BCUT2D eigenvalue weighted by atomic mass is 10.1. The second-order valence-electron chi connectivity index (χ2n) is 3.93. The van der Waals surface area contributed by atoms with E-state index in [0.29, 0.717) is 18.8 Å². The molecule has 0 aliphatic carbocycles. The molecule has 1 aliphatic heterocycles. The summed E-state index contributed by atoms with van der Waals surface area (Å²) in [5.74, 6) is -0.122. The van der Waals surface area contributed by atoms with Crippen molar-refractivity contribution in [1.82, 2.24) is 4.90 Å². The number of benzene rings is 1. The molecule has 1 aromatic carbocycles. The molecule has 0 saturated carbocycles. The molecule has 0 aromatic heterocycles. The Morgan fingerprint density at radius 3 is 2.41 bits per heavy atom. The lowest BCUT2D eigenvalue weighted by Crippen LogP contribution is -2.41. The SMILES string of the molecule is CCN(CC)C(=O)C1(Cl)N=C1c1ccccc1. The molecule has 1 atom stereocenters. The van der Waals surface area contributed by atoms with Crippen molar-refractivity contribution in [2.75, 3.05) is 13.1 Å². The molecule has 90 valence electrons. The summed E-state index contributed by atoms with van der Waals surface area (Å²) in [5.41, 5.74) is 1.60. The second kappa shape index (κ2) is 4.49. The molecular weight excluding hydrogens is 236 g/mol. The first kappa shape index (κ1) is 12.1. The molecule has 3 nitrogen and oxygen atoms in total. The third kappa shape index (κ3) is 2.07. The summed E-state index contributed by atoms with van der Waals surface area (Å²) in [7, 11) is 0. The van der Waals surface area contributed by atoms with Gasteiger partial charge in [0.1, 0.15) is 0 Å². The van der Waals surface area contributed by atoms with E-state index in [9.17, 15) is 4.79 Å². The van der Waals surface area contributed by atoms with E-state index in [1.807, 2.05) is 44.2 Å². The minimum atomic E-state index is -1.15. The first-order valence-corrected chi connectivity index (χ1v) is 6.15. The van der Waals surface area contributed by atoms with E-state index in [1.54, 1.807) is 4.90 Å². The van der Waals surface area contributed by atoms with Crippen molar-refractivity contribution in [2.45, 2.75) is 18.8 Å². The zero-order chi connectivity index (χ0) is 12.5. The van der Waals surface area contributed by atoms with Crippen LogP contribution in [0.3, 0.4) is 0 Å². The Balaban J connectivity index is 2.14. The number of aliphatic imine (C=N–C) groups is 1. The highest BCUT2D eigenvalue weighted by Crippen LogP contribution is 2.38. The van der Waals surface area contributed by atoms with Gasteiger partial charge in [-0.05, 0) is 19.4 Å². The van der Waals surface area contributed by atoms with Crippen LogP contribution in [0, 0.1) is 0 Å². The zero-order valence-electron chi connectivity index (χ0n) is 9.98. The average Bonchev–Trinajstić information content (AvgIpc) is 3.06. The summed E-state index contributed by atoms with van der Waals surface area (Å²) in [6, 6.07) is 9.58. The van der Waals surface area contributed by atoms with Gasteiger partial charge in [-0.25, -0.2) is 4.99 Å². The van der Waals surface area contributed by atoms with Gasteiger partial charge < -0.3 is 4.90 Å². The summed E-state index contributed by atoms with van der Waals surface area (Å²) >= 11 is 6.25. The van der Waals surface area contributed by atoms with Crippen molar-refractivity contribution in [3.8, 4) is 0 Å². The lowest BCUT2D eigenvalue weighted by molar-refractivity contribution is -0.130. The molecule has 0 radical (unpaired) electrons. The van der Waals surface area contributed by atoms with Crippen molar-refractivity contribution < 1.29 is 4.79 Å². The minimum absolute atomic E-state index is 0.122. The Kier molecular flexibility index (Phi) is 3.20. The maximum absolute atomic E-state index is 12.2. The maximum atomic E-state index is 12.2. The topological polar surface area (TPSA) is 32.7 Å². The molecule has 0 spiro atoms. The molecule has 1 aromatic rings. The van der Waals surface area contributed by atoms with Crippen molar-refractivity contribution >= 4 is 23.2 Å². The van der Waals surface area contributed by atoms with E-state index in [4.69, 9.17) is 11.6 Å². The van der Waals surface area contributed by atoms with Crippen molar-refractivity contribution in [1.29, 1.82) is 0 Å². The van der Waals surface area contributed by atoms with Gasteiger partial charge in [0.05, 0.1) is 5.71 Å². The molecule has 1 heterocycles. The van der Waals surface area contributed by atoms with Crippen molar-refractivity contribution in [3.05, 3.63) is 35.9 Å². The largest absolute Gasteiger partial charge is 0.340 e. The summed E-state index contributed by atoms with van der Waals surface area (Å²) in [5, 5.41) is 0. The Hall–Kier alpha value is -1.35. The van der Waals surface area contributed by atoms with Crippen LogP contribution in [-0.4, -0.2) is 34.6 Å². The normalized spacial score (nSPS) is 21.9. The molecule has 17 heavy (non-hydrogen) atoms. The Morgan fingerprint density at radius 2 is 1.88 bits per heavy atom. The number of rotatable bonds is 4. The van der Waals surface area contributed by atoms with Crippen LogP contribution in [0.1, 0.15) is 19.4 Å². The second-order valence-corrected chi connectivity index (χ2v) is 4.47. The third-order valence-corrected chi connectivity index (χ3v) is 3.34. The van der Waals surface area contributed by atoms with E-state index in [2.05, 4.69) is 4.99 Å². The number of halogens is 1. The van der Waals surface area contributed by atoms with Crippen LogP contribution in [0.25, 0.3) is 0 Å². The highest BCUT2D eigenvalue weighted by molar-refractivity contribution is 6.55. The monoisotopic (exact) mass is 250 g/mol. The van der Waals surface area contributed by atoms with Crippen LogP contribution < -0.4 is 0 Å². The number of amides is 1. The summed E-state index contributed by atoms with van der Waals surface area (Å²) in [6.45, 7) is 5.18. The fourth-order valence-electron chi connectivity index (χ4n) is 1.85. The van der Waals surface area contributed by atoms with Crippen molar-refractivity contribution in [2.24, 2.45) is 4.99 Å². The van der Waals surface area contributed by atoms with Crippen LogP contribution in [0.15, 0.2) is 35.3 Å². The summed E-state index contributed by atoms with van der Waals surface area (Å²) < 4.78 is 0. The summed E-state index contributed by atoms with van der Waals surface area (Å²) in [4.78, 5) is 16.9. The smallest absolute Gasteiger partial charge is 0.272 e. The molecule has 1 aliphatic rings. The average molecular weight is 251 g/mol. The van der Waals surface area contributed by atoms with Crippen molar-refractivity contribution in [3.63, 3.8) is 0 Å².